The number of benzene rings is 1. The van der Waals surface area contributed by atoms with Crippen LogP contribution in [0.4, 0.5) is 10.2 Å². The fourth-order valence-corrected chi connectivity index (χ4v) is 7.15. The Morgan fingerprint density at radius 2 is 1.95 bits per heavy atom. The Bertz CT molecular complexity index is 1460. The molecule has 3 fully saturated rings. The molecule has 3 aliphatic heterocycles. The summed E-state index contributed by atoms with van der Waals surface area (Å²) in [5.74, 6) is 0.380. The summed E-state index contributed by atoms with van der Waals surface area (Å²) in [7, 11) is -3.33. The van der Waals surface area contributed by atoms with Gasteiger partial charge in [-0.2, -0.15) is 0 Å². The lowest BCUT2D eigenvalue weighted by Gasteiger charge is -2.54. The van der Waals surface area contributed by atoms with Crippen molar-refractivity contribution in [2.75, 3.05) is 50.4 Å². The number of halogens is 1. The quantitative estimate of drug-likeness (QED) is 0.433. The van der Waals surface area contributed by atoms with Crippen molar-refractivity contribution in [1.29, 1.82) is 0 Å². The van der Waals surface area contributed by atoms with Gasteiger partial charge in [0, 0.05) is 56.8 Å². The first kappa shape index (κ1) is 31.1. The van der Waals surface area contributed by atoms with E-state index in [1.165, 1.54) is 24.5 Å². The Morgan fingerprint density at radius 1 is 1.23 bits per heavy atom. The maximum Gasteiger partial charge on any atom is 0.257 e. The lowest BCUT2D eigenvalue weighted by molar-refractivity contribution is -0.135. The molecule has 0 radical (unpaired) electrons. The number of piperidine rings is 1. The van der Waals surface area contributed by atoms with Gasteiger partial charge < -0.3 is 24.8 Å². The van der Waals surface area contributed by atoms with Gasteiger partial charge in [0.25, 0.3) is 5.91 Å². The van der Waals surface area contributed by atoms with E-state index in [0.717, 1.165) is 32.2 Å². The summed E-state index contributed by atoms with van der Waals surface area (Å²) in [4.78, 5) is 40.6. The molecular formula is C29H40FN7O5S. The van der Waals surface area contributed by atoms with E-state index >= 15 is 0 Å². The SMILES string of the molecule is CCN(C(=O)c1cc(F)ccc1Oc1cncnc1N1CC2(CCN(C(=O)[C@@H]3C[C@H](NS(C)(=O)=O)CN3)CC2)C1)C(C)C. The molecule has 43 heavy (non-hydrogen) atoms. The van der Waals surface area contributed by atoms with Crippen LogP contribution in [0.25, 0.3) is 0 Å². The lowest BCUT2D eigenvalue weighted by Crippen LogP contribution is -2.62. The third-order valence-corrected chi connectivity index (χ3v) is 9.33. The highest BCUT2D eigenvalue weighted by molar-refractivity contribution is 7.88. The number of hydrogen-bond donors (Lipinski definition) is 2. The molecule has 0 unspecified atom stereocenters. The van der Waals surface area contributed by atoms with Gasteiger partial charge in [0.05, 0.1) is 24.1 Å². The summed E-state index contributed by atoms with van der Waals surface area (Å²) < 4.78 is 46.1. The van der Waals surface area contributed by atoms with E-state index in [1.54, 1.807) is 11.1 Å². The minimum atomic E-state index is -3.33. The number of carbonyl (C=O) groups excluding carboxylic acids is 2. The second kappa shape index (κ2) is 12.3. The van der Waals surface area contributed by atoms with Crippen molar-refractivity contribution in [1.82, 2.24) is 29.8 Å². The van der Waals surface area contributed by atoms with E-state index in [0.29, 0.717) is 44.2 Å². The van der Waals surface area contributed by atoms with Crippen LogP contribution >= 0.6 is 0 Å². The number of nitrogens with zero attached hydrogens (tertiary/aromatic N) is 5. The zero-order valence-electron chi connectivity index (χ0n) is 25.0. The number of rotatable bonds is 9. The van der Waals surface area contributed by atoms with Gasteiger partial charge in [-0.15, -0.1) is 0 Å². The van der Waals surface area contributed by atoms with E-state index in [9.17, 15) is 22.4 Å². The lowest BCUT2D eigenvalue weighted by atomic mass is 9.72. The van der Waals surface area contributed by atoms with E-state index in [4.69, 9.17) is 4.74 Å². The van der Waals surface area contributed by atoms with E-state index in [1.807, 2.05) is 25.7 Å². The molecule has 12 nitrogen and oxygen atoms in total. The highest BCUT2D eigenvalue weighted by Gasteiger charge is 2.47. The summed E-state index contributed by atoms with van der Waals surface area (Å²) in [6, 6.07) is 3.18. The van der Waals surface area contributed by atoms with Gasteiger partial charge in [-0.3, -0.25) is 9.59 Å². The van der Waals surface area contributed by atoms with Crippen LogP contribution in [0.2, 0.25) is 0 Å². The van der Waals surface area contributed by atoms with Crippen LogP contribution in [0.5, 0.6) is 11.5 Å². The number of sulfonamides is 1. The first-order chi connectivity index (χ1) is 20.4. The first-order valence-electron chi connectivity index (χ1n) is 14.7. The van der Waals surface area contributed by atoms with Gasteiger partial charge in [0.2, 0.25) is 15.9 Å². The molecule has 2 N–H and O–H groups in total. The zero-order chi connectivity index (χ0) is 30.9. The Balaban J connectivity index is 1.21. The zero-order valence-corrected chi connectivity index (χ0v) is 25.9. The standard InChI is InChI=1S/C29H40FN7O5S/c1-5-37(19(2)3)27(38)22-12-20(30)6-7-24(22)42-25-15-31-18-33-26(25)36-16-29(17-36)8-10-35(11-9-29)28(39)23-13-21(14-32-23)34-43(4,40)41/h6-7,12,15,18-19,21,23,32,34H,5,8-11,13-14,16-17H2,1-4H3/t21-,23-/m0/s1. The van der Waals surface area contributed by atoms with Crippen LogP contribution in [0.15, 0.2) is 30.7 Å². The van der Waals surface area contributed by atoms with Crippen molar-refractivity contribution >= 4 is 27.7 Å². The van der Waals surface area contributed by atoms with Crippen LogP contribution in [0.1, 0.15) is 50.4 Å². The van der Waals surface area contributed by atoms with Crippen molar-refractivity contribution in [3.05, 3.63) is 42.1 Å². The van der Waals surface area contributed by atoms with Crippen molar-refractivity contribution in [3.8, 4) is 11.5 Å². The van der Waals surface area contributed by atoms with Crippen molar-refractivity contribution in [2.45, 2.75) is 58.2 Å². The highest BCUT2D eigenvalue weighted by atomic mass is 32.2. The molecule has 0 aliphatic carbocycles. The average molecular weight is 618 g/mol. The minimum absolute atomic E-state index is 0.0130. The summed E-state index contributed by atoms with van der Waals surface area (Å²) in [5.41, 5.74) is 0.177. The fraction of sp³-hybridized carbons (Fsp3) is 0.586. The molecule has 5 rings (SSSR count). The number of anilines is 1. The highest BCUT2D eigenvalue weighted by Crippen LogP contribution is 2.45. The third-order valence-electron chi connectivity index (χ3n) is 8.57. The number of ether oxygens (including phenoxy) is 1. The second-order valence-corrected chi connectivity index (χ2v) is 13.9. The Morgan fingerprint density at radius 3 is 2.60 bits per heavy atom. The molecule has 1 aromatic heterocycles. The maximum absolute atomic E-state index is 14.2. The van der Waals surface area contributed by atoms with Gasteiger partial charge in [-0.25, -0.2) is 27.5 Å². The van der Waals surface area contributed by atoms with Crippen LogP contribution in [0.3, 0.4) is 0 Å². The molecule has 14 heteroatoms. The molecule has 0 bridgehead atoms. The summed E-state index contributed by atoms with van der Waals surface area (Å²) in [6.45, 7) is 9.33. The minimum Gasteiger partial charge on any atom is -0.451 e. The van der Waals surface area contributed by atoms with E-state index in [2.05, 4.69) is 24.9 Å². The topological polar surface area (TPSA) is 137 Å². The van der Waals surface area contributed by atoms with Crippen molar-refractivity contribution in [3.63, 3.8) is 0 Å². The monoisotopic (exact) mass is 617 g/mol. The largest absolute Gasteiger partial charge is 0.451 e. The first-order valence-corrected chi connectivity index (χ1v) is 16.6. The number of amides is 2. The van der Waals surface area contributed by atoms with Gasteiger partial charge in [-0.05, 0) is 58.2 Å². The molecular weight excluding hydrogens is 577 g/mol. The van der Waals surface area contributed by atoms with Crippen LogP contribution < -0.4 is 19.7 Å². The summed E-state index contributed by atoms with van der Waals surface area (Å²) in [6.07, 6.45) is 6.24. The smallest absolute Gasteiger partial charge is 0.257 e. The predicted molar refractivity (Wildman–Crippen MR) is 159 cm³/mol. The van der Waals surface area contributed by atoms with Gasteiger partial charge in [-0.1, -0.05) is 0 Å². The molecule has 234 valence electrons. The predicted octanol–water partition coefficient (Wildman–Crippen LogP) is 1.99. The van der Waals surface area contributed by atoms with E-state index < -0.39 is 15.8 Å². The number of carbonyl (C=O) groups is 2. The number of likely N-dealkylation sites (tertiary alicyclic amines) is 1. The van der Waals surface area contributed by atoms with E-state index in [-0.39, 0.29) is 46.7 Å². The third kappa shape index (κ3) is 6.91. The average Bonchev–Trinajstić information content (AvgIpc) is 3.39. The summed E-state index contributed by atoms with van der Waals surface area (Å²) >= 11 is 0. The molecule has 1 aromatic carbocycles. The van der Waals surface area contributed by atoms with Crippen LogP contribution in [-0.4, -0.2) is 104 Å². The molecule has 2 aromatic rings. The van der Waals surface area contributed by atoms with Gasteiger partial charge in [0.1, 0.15) is 17.9 Å². The van der Waals surface area contributed by atoms with Gasteiger partial charge in [0.15, 0.2) is 11.6 Å². The van der Waals surface area contributed by atoms with Crippen LogP contribution in [0, 0.1) is 11.2 Å². The normalized spacial score (nSPS) is 21.6. The second-order valence-electron chi connectivity index (χ2n) is 12.1. The van der Waals surface area contributed by atoms with Crippen LogP contribution in [-0.2, 0) is 14.8 Å². The molecule has 0 saturated carbocycles. The molecule has 4 heterocycles. The number of nitrogens with one attached hydrogen (secondary N) is 2. The molecule has 1 spiro atoms. The Hall–Kier alpha value is -3.36. The number of aromatic nitrogens is 2. The van der Waals surface area contributed by atoms with Gasteiger partial charge >= 0.3 is 0 Å². The number of hydrogen-bond acceptors (Lipinski definition) is 9. The molecule has 3 saturated heterocycles. The summed E-state index contributed by atoms with van der Waals surface area (Å²) in [5, 5.41) is 3.16. The fourth-order valence-electron chi connectivity index (χ4n) is 6.36. The Kier molecular flexibility index (Phi) is 8.91. The molecule has 3 aliphatic rings. The van der Waals surface area contributed by atoms with Crippen molar-refractivity contribution in [2.24, 2.45) is 5.41 Å². The molecule has 2 amide bonds. The Labute approximate surface area is 252 Å². The maximum atomic E-state index is 14.2. The van der Waals surface area contributed by atoms with Crippen molar-refractivity contribution < 1.29 is 27.1 Å². The molecule has 2 atom stereocenters.